The van der Waals surface area contributed by atoms with E-state index in [4.69, 9.17) is 5.73 Å². The van der Waals surface area contributed by atoms with Gasteiger partial charge in [0.1, 0.15) is 5.82 Å². The first-order valence-corrected chi connectivity index (χ1v) is 6.71. The highest BCUT2D eigenvalue weighted by Crippen LogP contribution is 2.31. The third-order valence-electron chi connectivity index (χ3n) is 3.09. The highest BCUT2D eigenvalue weighted by atomic mass is 19.4. The van der Waals surface area contributed by atoms with E-state index in [2.05, 4.69) is 20.3 Å². The smallest absolute Gasteiger partial charge is 0.368 e. The van der Waals surface area contributed by atoms with Gasteiger partial charge in [0.25, 0.3) is 0 Å². The largest absolute Gasteiger partial charge is 0.416 e. The maximum Gasteiger partial charge on any atom is 0.416 e. The Morgan fingerprint density at radius 2 is 1.95 bits per heavy atom. The lowest BCUT2D eigenvalue weighted by Crippen LogP contribution is -2.15. The van der Waals surface area contributed by atoms with Crippen LogP contribution in [0.4, 0.5) is 25.1 Å². The van der Waals surface area contributed by atoms with E-state index in [0.717, 1.165) is 12.1 Å². The summed E-state index contributed by atoms with van der Waals surface area (Å²) in [6, 6.07) is 4.83. The third-order valence-corrected chi connectivity index (χ3v) is 3.09. The van der Waals surface area contributed by atoms with Gasteiger partial charge >= 0.3 is 6.18 Å². The number of aromatic nitrogens is 3. The first-order valence-electron chi connectivity index (χ1n) is 6.71. The number of nitrogens with one attached hydrogen (secondary N) is 1. The molecule has 0 aliphatic heterocycles. The molecular weight excluding hydrogens is 295 g/mol. The molecule has 1 aromatic carbocycles. The number of nitrogens with zero attached hydrogens (tertiary/aromatic N) is 3. The van der Waals surface area contributed by atoms with Crippen LogP contribution in [0.15, 0.2) is 24.3 Å². The molecule has 2 aromatic rings. The first-order chi connectivity index (χ1) is 10.3. The fourth-order valence-electron chi connectivity index (χ4n) is 2.08. The topological polar surface area (TPSA) is 76.7 Å². The van der Waals surface area contributed by atoms with Crippen LogP contribution in [0.2, 0.25) is 0 Å². The second kappa shape index (κ2) is 6.17. The molecule has 0 aliphatic rings. The number of alkyl halides is 3. The number of nitrogen functional groups attached to an aromatic ring is 1. The minimum Gasteiger partial charge on any atom is -0.368 e. The number of hydrogen-bond acceptors (Lipinski definition) is 5. The normalized spacial score (nSPS) is 13.0. The molecule has 0 fully saturated rings. The molecule has 3 N–H and O–H groups in total. The van der Waals surface area contributed by atoms with Crippen molar-refractivity contribution in [3.8, 4) is 0 Å². The Bertz CT molecular complexity index is 637. The van der Waals surface area contributed by atoms with Gasteiger partial charge in [-0.15, -0.1) is 0 Å². The minimum atomic E-state index is -4.37. The van der Waals surface area contributed by atoms with E-state index in [1.165, 1.54) is 6.07 Å². The molecule has 0 saturated heterocycles. The summed E-state index contributed by atoms with van der Waals surface area (Å²) < 4.78 is 38.4. The molecule has 5 nitrogen and oxygen atoms in total. The van der Waals surface area contributed by atoms with Gasteiger partial charge < -0.3 is 11.1 Å². The lowest BCUT2D eigenvalue weighted by molar-refractivity contribution is -0.137. The molecule has 0 radical (unpaired) electrons. The molecule has 8 heteroatoms. The second-order valence-corrected chi connectivity index (χ2v) is 4.79. The number of hydrogen-bond donors (Lipinski definition) is 2. The van der Waals surface area contributed by atoms with Gasteiger partial charge in [-0.05, 0) is 31.0 Å². The van der Waals surface area contributed by atoms with E-state index >= 15 is 0 Å². The summed E-state index contributed by atoms with van der Waals surface area (Å²) in [5.74, 6) is 0.747. The van der Waals surface area contributed by atoms with Crippen LogP contribution in [0.25, 0.3) is 0 Å². The molecule has 1 unspecified atom stereocenters. The number of aryl methyl sites for hydroxylation is 1. The predicted octanol–water partition coefficient (Wildman–Crippen LogP) is 3.34. The Balaban J connectivity index is 2.28. The van der Waals surface area contributed by atoms with Gasteiger partial charge in [-0.2, -0.15) is 28.1 Å². The molecule has 0 bridgehead atoms. The maximum absolute atomic E-state index is 12.8. The molecule has 0 aliphatic carbocycles. The van der Waals surface area contributed by atoms with Crippen molar-refractivity contribution in [3.05, 3.63) is 41.2 Å². The van der Waals surface area contributed by atoms with Crippen LogP contribution in [-0.2, 0) is 6.18 Å². The van der Waals surface area contributed by atoms with Gasteiger partial charge in [-0.25, -0.2) is 0 Å². The average molecular weight is 311 g/mol. The van der Waals surface area contributed by atoms with Gasteiger partial charge in [0.05, 0.1) is 11.6 Å². The van der Waals surface area contributed by atoms with Gasteiger partial charge in [-0.1, -0.05) is 19.1 Å². The molecular formula is C14H16F3N5. The highest BCUT2D eigenvalue weighted by Gasteiger charge is 2.30. The van der Waals surface area contributed by atoms with E-state index in [0.29, 0.717) is 17.8 Å². The Morgan fingerprint density at radius 3 is 2.55 bits per heavy atom. The number of benzene rings is 1. The lowest BCUT2D eigenvalue weighted by atomic mass is 10.0. The Hall–Kier alpha value is -2.38. The van der Waals surface area contributed by atoms with Crippen molar-refractivity contribution in [2.24, 2.45) is 0 Å². The van der Waals surface area contributed by atoms with Crippen molar-refractivity contribution < 1.29 is 13.2 Å². The van der Waals surface area contributed by atoms with Crippen LogP contribution in [0.5, 0.6) is 0 Å². The lowest BCUT2D eigenvalue weighted by Gasteiger charge is -2.19. The predicted molar refractivity (Wildman–Crippen MR) is 77.1 cm³/mol. The van der Waals surface area contributed by atoms with Crippen LogP contribution >= 0.6 is 0 Å². The zero-order chi connectivity index (χ0) is 16.3. The number of halogens is 3. The van der Waals surface area contributed by atoms with E-state index in [9.17, 15) is 13.2 Å². The summed E-state index contributed by atoms with van der Waals surface area (Å²) in [5.41, 5.74) is 5.37. The Kier molecular flexibility index (Phi) is 4.48. The van der Waals surface area contributed by atoms with Gasteiger partial charge in [0, 0.05) is 0 Å². The van der Waals surface area contributed by atoms with Crippen molar-refractivity contribution in [1.29, 1.82) is 0 Å². The molecule has 1 aromatic heterocycles. The average Bonchev–Trinajstić information content (AvgIpc) is 2.43. The summed E-state index contributed by atoms with van der Waals surface area (Å²) in [6.07, 6.45) is -3.81. The summed E-state index contributed by atoms with van der Waals surface area (Å²) >= 11 is 0. The summed E-state index contributed by atoms with van der Waals surface area (Å²) in [5, 5.41) is 3.00. The fraction of sp³-hybridized carbons (Fsp3) is 0.357. The fourth-order valence-corrected chi connectivity index (χ4v) is 2.08. The molecule has 2 rings (SSSR count). The van der Waals surface area contributed by atoms with Crippen LogP contribution in [0.1, 0.15) is 36.3 Å². The minimum absolute atomic E-state index is 0.0638. The summed E-state index contributed by atoms with van der Waals surface area (Å²) in [4.78, 5) is 11.9. The van der Waals surface area contributed by atoms with E-state index < -0.39 is 11.7 Å². The van der Waals surface area contributed by atoms with Crippen molar-refractivity contribution in [1.82, 2.24) is 15.0 Å². The van der Waals surface area contributed by atoms with Gasteiger partial charge in [-0.3, -0.25) is 0 Å². The van der Waals surface area contributed by atoms with E-state index in [-0.39, 0.29) is 17.9 Å². The van der Waals surface area contributed by atoms with E-state index in [1.807, 2.05) is 6.92 Å². The summed E-state index contributed by atoms with van der Waals surface area (Å²) in [6.45, 7) is 3.52. The number of rotatable bonds is 4. The zero-order valence-corrected chi connectivity index (χ0v) is 12.1. The molecule has 1 atom stereocenters. The first kappa shape index (κ1) is 16.0. The van der Waals surface area contributed by atoms with Crippen molar-refractivity contribution in [2.75, 3.05) is 11.1 Å². The zero-order valence-electron chi connectivity index (χ0n) is 12.1. The second-order valence-electron chi connectivity index (χ2n) is 4.79. The van der Waals surface area contributed by atoms with Crippen LogP contribution in [0.3, 0.4) is 0 Å². The molecule has 22 heavy (non-hydrogen) atoms. The summed E-state index contributed by atoms with van der Waals surface area (Å²) in [7, 11) is 0. The maximum atomic E-state index is 12.8. The number of nitrogens with two attached hydrogens (primary N) is 1. The van der Waals surface area contributed by atoms with Crippen LogP contribution < -0.4 is 11.1 Å². The molecule has 0 spiro atoms. The highest BCUT2D eigenvalue weighted by molar-refractivity contribution is 5.37. The quantitative estimate of drug-likeness (QED) is 0.905. The molecule has 0 amide bonds. The monoisotopic (exact) mass is 311 g/mol. The van der Waals surface area contributed by atoms with Gasteiger partial charge in [0.2, 0.25) is 11.9 Å². The standard InChI is InChI=1S/C14H16F3N5/c1-3-11(21-13-20-8(2)19-12(18)22-13)9-5-4-6-10(7-9)14(15,16)17/h4-7,11H,3H2,1-2H3,(H3,18,19,20,21,22). The molecule has 0 saturated carbocycles. The molecule has 118 valence electrons. The van der Waals surface area contributed by atoms with E-state index in [1.54, 1.807) is 13.0 Å². The number of anilines is 2. The molecule has 1 heterocycles. The Morgan fingerprint density at radius 1 is 1.23 bits per heavy atom. The Labute approximate surface area is 125 Å². The van der Waals surface area contributed by atoms with Crippen molar-refractivity contribution in [3.63, 3.8) is 0 Å². The van der Waals surface area contributed by atoms with Crippen molar-refractivity contribution in [2.45, 2.75) is 32.5 Å². The van der Waals surface area contributed by atoms with Gasteiger partial charge in [0.15, 0.2) is 0 Å². The van der Waals surface area contributed by atoms with Crippen LogP contribution in [-0.4, -0.2) is 15.0 Å². The SMILES string of the molecule is CCC(Nc1nc(C)nc(N)n1)c1cccc(C(F)(F)F)c1. The van der Waals surface area contributed by atoms with Crippen molar-refractivity contribution >= 4 is 11.9 Å². The third kappa shape index (κ3) is 3.84. The van der Waals surface area contributed by atoms with Crippen LogP contribution in [0, 0.1) is 6.92 Å².